The lowest BCUT2D eigenvalue weighted by Gasteiger charge is -2.02. The average Bonchev–Trinajstić information content (AvgIpc) is 2.97. The van der Waals surface area contributed by atoms with E-state index in [1.165, 1.54) is 4.90 Å². The third-order valence-corrected chi connectivity index (χ3v) is 6.10. The van der Waals surface area contributed by atoms with E-state index in [0.29, 0.717) is 6.42 Å². The molecule has 1 aliphatic carbocycles. The van der Waals surface area contributed by atoms with Gasteiger partial charge in [0.2, 0.25) is 0 Å². The number of aromatic nitrogens is 1. The van der Waals surface area contributed by atoms with E-state index in [0.717, 1.165) is 32.2 Å². The Hall–Kier alpha value is -0.850. The fourth-order valence-corrected chi connectivity index (χ4v) is 4.56. The van der Waals surface area contributed by atoms with Gasteiger partial charge in [0.1, 0.15) is 10.9 Å². The maximum atomic E-state index is 11.1. The number of nitrogens with zero attached hydrogens (tertiary/aromatic N) is 1. The molecule has 1 aromatic heterocycles. The number of benzene rings is 1. The third-order valence-electron chi connectivity index (χ3n) is 3.24. The molecule has 3 nitrogen and oxygen atoms in total. The molecule has 0 radical (unpaired) electrons. The zero-order valence-electron chi connectivity index (χ0n) is 10.5. The molecule has 0 spiro atoms. The second-order valence-corrected chi connectivity index (χ2v) is 7.72. The maximum Gasteiger partial charge on any atom is 0.312 e. The number of hydrogen-bond donors (Lipinski definition) is 1. The zero-order valence-corrected chi connectivity index (χ0v) is 13.7. The summed E-state index contributed by atoms with van der Waals surface area (Å²) in [7, 11) is 0. The summed E-state index contributed by atoms with van der Waals surface area (Å²) in [6.45, 7) is 0. The van der Waals surface area contributed by atoms with Crippen LogP contribution in [0.2, 0.25) is 0 Å². The molecule has 0 amide bonds. The van der Waals surface area contributed by atoms with Gasteiger partial charge in [-0.1, -0.05) is 15.9 Å². The van der Waals surface area contributed by atoms with Crippen LogP contribution in [0.15, 0.2) is 33.6 Å². The van der Waals surface area contributed by atoms with Gasteiger partial charge in [-0.2, -0.15) is 0 Å². The van der Waals surface area contributed by atoms with E-state index in [4.69, 9.17) is 5.11 Å². The third kappa shape index (κ3) is 2.92. The number of carbonyl (C=O) groups is 1. The lowest BCUT2D eigenvalue weighted by atomic mass is 10.1. The fraction of sp³-hybridized carbons (Fsp3) is 0.286. The highest BCUT2D eigenvalue weighted by Crippen LogP contribution is 2.38. The summed E-state index contributed by atoms with van der Waals surface area (Å²) in [6, 6.07) is 8.17. The second-order valence-electron chi connectivity index (χ2n) is 4.59. The van der Waals surface area contributed by atoms with Crippen molar-refractivity contribution in [3.8, 4) is 0 Å². The van der Waals surface area contributed by atoms with E-state index in [1.807, 2.05) is 12.1 Å². The quantitative estimate of drug-likeness (QED) is 0.815. The van der Waals surface area contributed by atoms with Crippen LogP contribution in [0.5, 0.6) is 0 Å². The van der Waals surface area contributed by atoms with Crippen molar-refractivity contribution < 1.29 is 9.90 Å². The number of fused-ring (bicyclic) bond motifs is 1. The lowest BCUT2D eigenvalue weighted by Crippen LogP contribution is -2.08. The minimum absolute atomic E-state index is 0.396. The molecule has 6 heteroatoms. The molecule has 20 heavy (non-hydrogen) atoms. The smallest absolute Gasteiger partial charge is 0.312 e. The molecule has 1 aliphatic rings. The van der Waals surface area contributed by atoms with Crippen LogP contribution in [0.3, 0.4) is 0 Å². The van der Waals surface area contributed by atoms with Crippen molar-refractivity contribution in [3.05, 3.63) is 44.3 Å². The number of carboxylic acids is 1. The number of aryl methyl sites for hydroxylation is 1. The zero-order chi connectivity index (χ0) is 14.1. The first-order valence-electron chi connectivity index (χ1n) is 6.23. The molecule has 2 aromatic rings. The van der Waals surface area contributed by atoms with E-state index in [-0.39, 0.29) is 0 Å². The fourth-order valence-electron chi connectivity index (χ4n) is 2.26. The molecule has 1 heterocycles. The predicted molar refractivity (Wildman–Crippen MR) is 84.5 cm³/mol. The van der Waals surface area contributed by atoms with Crippen LogP contribution in [0.25, 0.3) is 0 Å². The van der Waals surface area contributed by atoms with Gasteiger partial charge in [-0.05, 0) is 37.1 Å². The molecule has 1 atom stereocenters. The first-order chi connectivity index (χ1) is 9.63. The van der Waals surface area contributed by atoms with Crippen molar-refractivity contribution in [2.45, 2.75) is 29.4 Å². The number of hydrogen-bond acceptors (Lipinski definition) is 4. The van der Waals surface area contributed by atoms with Gasteiger partial charge in [-0.15, -0.1) is 23.1 Å². The molecule has 0 saturated carbocycles. The minimum atomic E-state index is -0.749. The van der Waals surface area contributed by atoms with Crippen LogP contribution in [0, 0.1) is 0 Å². The van der Waals surface area contributed by atoms with Crippen LogP contribution < -0.4 is 0 Å². The highest BCUT2D eigenvalue weighted by atomic mass is 79.9. The summed E-state index contributed by atoms with van der Waals surface area (Å²) >= 11 is 6.81. The van der Waals surface area contributed by atoms with Gasteiger partial charge in [0, 0.05) is 14.2 Å². The van der Waals surface area contributed by atoms with Crippen molar-refractivity contribution in [3.63, 3.8) is 0 Å². The summed E-state index contributed by atoms with van der Waals surface area (Å²) in [4.78, 5) is 18.0. The van der Waals surface area contributed by atoms with Crippen molar-refractivity contribution >= 4 is 45.0 Å². The molecule has 0 fully saturated rings. The van der Waals surface area contributed by atoms with Crippen LogP contribution >= 0.6 is 39.0 Å². The van der Waals surface area contributed by atoms with Crippen molar-refractivity contribution in [2.24, 2.45) is 0 Å². The Morgan fingerprint density at radius 2 is 2.20 bits per heavy atom. The first-order valence-corrected chi connectivity index (χ1v) is 8.82. The largest absolute Gasteiger partial charge is 0.481 e. The molecule has 0 bridgehead atoms. The number of aliphatic carboxylic acids is 1. The first kappa shape index (κ1) is 14.1. The molecule has 0 aliphatic heterocycles. The van der Waals surface area contributed by atoms with Crippen molar-refractivity contribution in [1.29, 1.82) is 0 Å². The van der Waals surface area contributed by atoms with E-state index in [1.54, 1.807) is 23.1 Å². The molecule has 1 aromatic carbocycles. The summed E-state index contributed by atoms with van der Waals surface area (Å²) < 4.78 is 1.07. The Kier molecular flexibility index (Phi) is 4.14. The van der Waals surface area contributed by atoms with Crippen LogP contribution in [0.1, 0.15) is 27.9 Å². The van der Waals surface area contributed by atoms with Gasteiger partial charge >= 0.3 is 5.97 Å². The monoisotopic (exact) mass is 369 g/mol. The molecule has 104 valence electrons. The summed E-state index contributed by atoms with van der Waals surface area (Å²) in [5.74, 6) is -0.347. The Morgan fingerprint density at radius 1 is 1.45 bits per heavy atom. The molecule has 3 rings (SSSR count). The normalized spacial score (nSPS) is 17.1. The van der Waals surface area contributed by atoms with Gasteiger partial charge in [-0.3, -0.25) is 4.79 Å². The lowest BCUT2D eigenvalue weighted by molar-refractivity contribution is -0.138. The number of carboxylic acid groups (broad SMARTS) is 1. The highest BCUT2D eigenvalue weighted by molar-refractivity contribution is 9.10. The highest BCUT2D eigenvalue weighted by Gasteiger charge is 2.32. The Morgan fingerprint density at radius 3 is 2.90 bits per heavy atom. The standard InChI is InChI=1S/C14H12BrNO2S2/c15-8-1-3-9(4-2-8)19-7-12-16-13-10(14(17)18)5-6-11(13)20-12/h1-4,10H,5-7H2,(H,17,18). The van der Waals surface area contributed by atoms with Gasteiger partial charge in [0.05, 0.1) is 11.4 Å². The second kappa shape index (κ2) is 5.87. The molecule has 1 N–H and O–H groups in total. The van der Waals surface area contributed by atoms with Crippen molar-refractivity contribution in [1.82, 2.24) is 4.98 Å². The summed E-state index contributed by atoms with van der Waals surface area (Å²) in [5.41, 5.74) is 0.800. The molecular formula is C14H12BrNO2S2. The maximum absolute atomic E-state index is 11.1. The van der Waals surface area contributed by atoms with Gasteiger partial charge in [-0.25, -0.2) is 4.98 Å². The van der Waals surface area contributed by atoms with E-state index >= 15 is 0 Å². The van der Waals surface area contributed by atoms with Crippen LogP contribution in [0.4, 0.5) is 0 Å². The molecule has 1 unspecified atom stereocenters. The van der Waals surface area contributed by atoms with Crippen LogP contribution in [-0.2, 0) is 17.0 Å². The summed E-state index contributed by atoms with van der Waals surface area (Å²) in [6.07, 6.45) is 1.55. The average molecular weight is 370 g/mol. The Labute approximate surface area is 133 Å². The van der Waals surface area contributed by atoms with E-state index < -0.39 is 11.9 Å². The Bertz CT molecular complexity index is 639. The van der Waals surface area contributed by atoms with Gasteiger partial charge in [0.15, 0.2) is 0 Å². The van der Waals surface area contributed by atoms with Gasteiger partial charge < -0.3 is 5.11 Å². The number of rotatable bonds is 4. The van der Waals surface area contributed by atoms with E-state index in [9.17, 15) is 4.79 Å². The number of thioether (sulfide) groups is 1. The van der Waals surface area contributed by atoms with Crippen LogP contribution in [-0.4, -0.2) is 16.1 Å². The van der Waals surface area contributed by atoms with E-state index in [2.05, 4.69) is 33.0 Å². The molecular weight excluding hydrogens is 358 g/mol. The minimum Gasteiger partial charge on any atom is -0.481 e. The topological polar surface area (TPSA) is 50.2 Å². The predicted octanol–water partition coefficient (Wildman–Crippen LogP) is 4.31. The van der Waals surface area contributed by atoms with Crippen molar-refractivity contribution in [2.75, 3.05) is 0 Å². The SMILES string of the molecule is O=C(O)C1CCc2sc(CSc3ccc(Br)cc3)nc21. The number of halogens is 1. The Balaban J connectivity index is 1.69. The summed E-state index contributed by atoms with van der Waals surface area (Å²) in [5, 5.41) is 10.2. The van der Waals surface area contributed by atoms with Gasteiger partial charge in [0.25, 0.3) is 0 Å². The molecule has 0 saturated heterocycles. The number of thiazole rings is 1.